The van der Waals surface area contributed by atoms with Crippen molar-refractivity contribution in [2.45, 2.75) is 20.8 Å². The van der Waals surface area contributed by atoms with Gasteiger partial charge in [-0.25, -0.2) is 4.79 Å². The number of nitrogens with one attached hydrogen (secondary N) is 3. The standard InChI is InChI=1S/C18H19N3O5S/c1-10-11(2)27-17(19-12(3)22)15(10)18(25)26-9-14(23)20-21-16(24)13-7-5-4-6-8-13/h4-8H,9H2,1-3H3,(H,19,22)(H,20,23)(H,21,24). The van der Waals surface area contributed by atoms with Crippen LogP contribution in [0.5, 0.6) is 0 Å². The molecule has 3 N–H and O–H groups in total. The SMILES string of the molecule is CC(=O)Nc1sc(C)c(C)c1C(=O)OCC(=O)NNC(=O)c1ccccc1. The summed E-state index contributed by atoms with van der Waals surface area (Å²) in [6.45, 7) is 4.30. The van der Waals surface area contributed by atoms with Crippen molar-refractivity contribution in [3.8, 4) is 0 Å². The summed E-state index contributed by atoms with van der Waals surface area (Å²) in [5.41, 5.74) is 5.67. The second kappa shape index (κ2) is 8.95. The molecule has 0 saturated heterocycles. The fraction of sp³-hybridized carbons (Fsp3) is 0.222. The Bertz CT molecular complexity index is 877. The minimum Gasteiger partial charge on any atom is -0.452 e. The molecule has 0 aliphatic rings. The van der Waals surface area contributed by atoms with Crippen LogP contribution in [0.1, 0.15) is 38.1 Å². The highest BCUT2D eigenvalue weighted by Crippen LogP contribution is 2.32. The molecule has 0 fully saturated rings. The van der Waals surface area contributed by atoms with Gasteiger partial charge < -0.3 is 10.1 Å². The van der Waals surface area contributed by atoms with Crippen LogP contribution in [0.15, 0.2) is 30.3 Å². The summed E-state index contributed by atoms with van der Waals surface area (Å²) in [6.07, 6.45) is 0. The molecule has 2 rings (SSSR count). The number of esters is 1. The summed E-state index contributed by atoms with van der Waals surface area (Å²) in [5.74, 6) is -2.23. The van der Waals surface area contributed by atoms with Gasteiger partial charge in [-0.2, -0.15) is 0 Å². The molecular formula is C18H19N3O5S. The van der Waals surface area contributed by atoms with Gasteiger partial charge in [-0.3, -0.25) is 25.2 Å². The summed E-state index contributed by atoms with van der Waals surface area (Å²) in [4.78, 5) is 48.1. The van der Waals surface area contributed by atoms with Gasteiger partial charge in [0.2, 0.25) is 5.91 Å². The van der Waals surface area contributed by atoms with Crippen LogP contribution in [-0.2, 0) is 14.3 Å². The molecule has 1 heterocycles. The number of amides is 3. The van der Waals surface area contributed by atoms with Crippen LogP contribution in [0.4, 0.5) is 5.00 Å². The summed E-state index contributed by atoms with van der Waals surface area (Å²) in [6, 6.07) is 8.32. The molecule has 1 aromatic carbocycles. The molecule has 8 nitrogen and oxygen atoms in total. The first-order chi connectivity index (χ1) is 12.8. The molecule has 0 atom stereocenters. The van der Waals surface area contributed by atoms with Gasteiger partial charge in [0.1, 0.15) is 5.00 Å². The number of aryl methyl sites for hydroxylation is 1. The Balaban J connectivity index is 1.91. The van der Waals surface area contributed by atoms with Crippen molar-refractivity contribution in [2.24, 2.45) is 0 Å². The van der Waals surface area contributed by atoms with Gasteiger partial charge in [0.15, 0.2) is 6.61 Å². The fourth-order valence-electron chi connectivity index (χ4n) is 2.15. The lowest BCUT2D eigenvalue weighted by Gasteiger charge is -2.09. The topological polar surface area (TPSA) is 114 Å². The Labute approximate surface area is 159 Å². The minimum atomic E-state index is -0.731. The Kier molecular flexibility index (Phi) is 6.67. The molecule has 9 heteroatoms. The lowest BCUT2D eigenvalue weighted by molar-refractivity contribution is -0.125. The lowest BCUT2D eigenvalue weighted by atomic mass is 10.1. The van der Waals surface area contributed by atoms with E-state index in [-0.39, 0.29) is 11.5 Å². The zero-order valence-corrected chi connectivity index (χ0v) is 15.9. The first-order valence-electron chi connectivity index (χ1n) is 7.98. The molecule has 0 aliphatic heterocycles. The van der Waals surface area contributed by atoms with Gasteiger partial charge in [-0.1, -0.05) is 18.2 Å². The van der Waals surface area contributed by atoms with Crippen LogP contribution in [0, 0.1) is 13.8 Å². The van der Waals surface area contributed by atoms with E-state index in [1.165, 1.54) is 18.3 Å². The Morgan fingerprint density at radius 3 is 2.33 bits per heavy atom. The van der Waals surface area contributed by atoms with E-state index in [0.29, 0.717) is 16.1 Å². The van der Waals surface area contributed by atoms with Crippen molar-refractivity contribution in [1.82, 2.24) is 10.9 Å². The van der Waals surface area contributed by atoms with Crippen LogP contribution >= 0.6 is 11.3 Å². The fourth-order valence-corrected chi connectivity index (χ4v) is 3.24. The molecule has 27 heavy (non-hydrogen) atoms. The summed E-state index contributed by atoms with van der Waals surface area (Å²) >= 11 is 1.25. The lowest BCUT2D eigenvalue weighted by Crippen LogP contribution is -2.43. The third-order valence-corrected chi connectivity index (χ3v) is 4.69. The van der Waals surface area contributed by atoms with Crippen LogP contribution in [0.3, 0.4) is 0 Å². The summed E-state index contributed by atoms with van der Waals surface area (Å²) in [5, 5.41) is 2.96. The Hall–Kier alpha value is -3.20. The maximum absolute atomic E-state index is 12.3. The van der Waals surface area contributed by atoms with E-state index < -0.39 is 24.4 Å². The molecule has 142 valence electrons. The van der Waals surface area contributed by atoms with Gasteiger partial charge in [0, 0.05) is 17.4 Å². The number of anilines is 1. The molecule has 2 aromatic rings. The molecule has 0 radical (unpaired) electrons. The van der Waals surface area contributed by atoms with Crippen molar-refractivity contribution in [3.63, 3.8) is 0 Å². The van der Waals surface area contributed by atoms with E-state index in [4.69, 9.17) is 4.74 Å². The maximum Gasteiger partial charge on any atom is 0.341 e. The molecular weight excluding hydrogens is 370 g/mol. The molecule has 0 aliphatic carbocycles. The number of rotatable bonds is 5. The Morgan fingerprint density at radius 2 is 1.70 bits per heavy atom. The van der Waals surface area contributed by atoms with E-state index in [0.717, 1.165) is 4.88 Å². The van der Waals surface area contributed by atoms with Crippen LogP contribution in [0.25, 0.3) is 0 Å². The highest BCUT2D eigenvalue weighted by molar-refractivity contribution is 7.16. The number of benzene rings is 1. The van der Waals surface area contributed by atoms with E-state index >= 15 is 0 Å². The first-order valence-corrected chi connectivity index (χ1v) is 8.80. The van der Waals surface area contributed by atoms with Crippen molar-refractivity contribution in [3.05, 3.63) is 51.9 Å². The third-order valence-electron chi connectivity index (χ3n) is 3.56. The predicted octanol–water partition coefficient (Wildman–Crippen LogP) is 1.94. The monoisotopic (exact) mass is 389 g/mol. The van der Waals surface area contributed by atoms with Crippen LogP contribution in [-0.4, -0.2) is 30.3 Å². The average molecular weight is 389 g/mol. The Morgan fingerprint density at radius 1 is 1.04 bits per heavy atom. The maximum atomic E-state index is 12.3. The van der Waals surface area contributed by atoms with E-state index in [1.807, 2.05) is 6.92 Å². The van der Waals surface area contributed by atoms with Crippen molar-refractivity contribution >= 4 is 40.0 Å². The second-order valence-corrected chi connectivity index (χ2v) is 6.84. The molecule has 0 saturated carbocycles. The molecule has 0 bridgehead atoms. The zero-order valence-electron chi connectivity index (χ0n) is 15.0. The largest absolute Gasteiger partial charge is 0.452 e. The quantitative estimate of drug-likeness (QED) is 0.534. The second-order valence-electron chi connectivity index (χ2n) is 5.61. The summed E-state index contributed by atoms with van der Waals surface area (Å²) < 4.78 is 5.00. The highest BCUT2D eigenvalue weighted by atomic mass is 32.1. The van der Waals surface area contributed by atoms with Crippen molar-refractivity contribution in [1.29, 1.82) is 0 Å². The number of carbonyl (C=O) groups is 4. The van der Waals surface area contributed by atoms with E-state index in [1.54, 1.807) is 37.3 Å². The number of carbonyl (C=O) groups excluding carboxylic acids is 4. The van der Waals surface area contributed by atoms with Gasteiger partial charge in [-0.15, -0.1) is 11.3 Å². The zero-order chi connectivity index (χ0) is 20.0. The molecule has 0 unspecified atom stereocenters. The van der Waals surface area contributed by atoms with Gasteiger partial charge in [0.05, 0.1) is 5.56 Å². The highest BCUT2D eigenvalue weighted by Gasteiger charge is 2.22. The average Bonchev–Trinajstić information content (AvgIpc) is 2.91. The third kappa shape index (κ3) is 5.38. The van der Waals surface area contributed by atoms with Crippen molar-refractivity contribution in [2.75, 3.05) is 11.9 Å². The van der Waals surface area contributed by atoms with E-state index in [9.17, 15) is 19.2 Å². The smallest absolute Gasteiger partial charge is 0.341 e. The molecule has 0 spiro atoms. The van der Waals surface area contributed by atoms with Gasteiger partial charge in [0.25, 0.3) is 11.8 Å². The normalized spacial score (nSPS) is 10.0. The van der Waals surface area contributed by atoms with Crippen LogP contribution in [0.2, 0.25) is 0 Å². The predicted molar refractivity (Wildman–Crippen MR) is 100 cm³/mol. The molecule has 3 amide bonds. The molecule has 1 aromatic heterocycles. The number of hydrogen-bond donors (Lipinski definition) is 3. The number of hydrazine groups is 1. The number of thiophene rings is 1. The number of ether oxygens (including phenoxy) is 1. The van der Waals surface area contributed by atoms with Gasteiger partial charge >= 0.3 is 5.97 Å². The first kappa shape index (κ1) is 20.1. The van der Waals surface area contributed by atoms with Gasteiger partial charge in [-0.05, 0) is 31.5 Å². The summed E-state index contributed by atoms with van der Waals surface area (Å²) in [7, 11) is 0. The van der Waals surface area contributed by atoms with Crippen molar-refractivity contribution < 1.29 is 23.9 Å². The van der Waals surface area contributed by atoms with Crippen LogP contribution < -0.4 is 16.2 Å². The van der Waals surface area contributed by atoms with E-state index in [2.05, 4.69) is 16.2 Å². The minimum absolute atomic E-state index is 0.217. The number of hydrogen-bond acceptors (Lipinski definition) is 6.